The molecule has 2 amide bonds. The lowest BCUT2D eigenvalue weighted by molar-refractivity contribution is -0.142. The van der Waals surface area contributed by atoms with Crippen LogP contribution in [0.1, 0.15) is 39.7 Å². The lowest BCUT2D eigenvalue weighted by Gasteiger charge is -2.50. The Morgan fingerprint density at radius 3 is 2.29 bits per heavy atom. The summed E-state index contributed by atoms with van der Waals surface area (Å²) in [5.74, 6) is -0.641. The van der Waals surface area contributed by atoms with Gasteiger partial charge in [0.05, 0.1) is 24.3 Å². The summed E-state index contributed by atoms with van der Waals surface area (Å²) in [6.07, 6.45) is -0.559. The van der Waals surface area contributed by atoms with Crippen LogP contribution in [0.15, 0.2) is 48.0 Å². The van der Waals surface area contributed by atoms with Gasteiger partial charge in [-0.2, -0.15) is 0 Å². The van der Waals surface area contributed by atoms with Crippen molar-refractivity contribution in [1.29, 1.82) is 0 Å². The van der Waals surface area contributed by atoms with Crippen molar-refractivity contribution in [3.8, 4) is 11.5 Å². The highest BCUT2D eigenvalue weighted by atomic mass is 35.6. The van der Waals surface area contributed by atoms with Gasteiger partial charge < -0.3 is 23.8 Å². The van der Waals surface area contributed by atoms with Crippen molar-refractivity contribution in [2.24, 2.45) is 0 Å². The molecular weight excluding hydrogens is 673 g/mol. The van der Waals surface area contributed by atoms with Gasteiger partial charge in [-0.1, -0.05) is 64.6 Å². The molecule has 244 valence electrons. The van der Waals surface area contributed by atoms with Crippen molar-refractivity contribution >= 4 is 69.9 Å². The molecule has 45 heavy (non-hydrogen) atoms. The van der Waals surface area contributed by atoms with Crippen LogP contribution < -0.4 is 9.47 Å². The van der Waals surface area contributed by atoms with E-state index in [2.05, 4.69) is 0 Å². The molecule has 0 N–H and O–H groups in total. The number of ether oxygens (including phenoxy) is 4. The lowest BCUT2D eigenvalue weighted by Crippen LogP contribution is -2.65. The molecule has 0 aromatic heterocycles. The Morgan fingerprint density at radius 2 is 1.67 bits per heavy atom. The van der Waals surface area contributed by atoms with Crippen LogP contribution in [0.3, 0.4) is 0 Å². The molecule has 0 saturated carbocycles. The number of hydrogen-bond donors (Lipinski definition) is 0. The molecule has 0 spiro atoms. The first-order valence-corrected chi connectivity index (χ1v) is 15.7. The standard InChI is InChI=1S/C31H33Cl4FN2O7/c1-5-42-28(40)26-22(19-9-11-21(12-10-19)43-13-14-44-25-8-6-7-23(36)27(25)32)15-20-16-37(18(2)39)17-24(26)38(20)29(41)45-30(3,4)31(33,34)35/h6-12,20,24H,5,13-17H2,1-4H3. The maximum absolute atomic E-state index is 13.6. The minimum absolute atomic E-state index is 0.0449. The maximum Gasteiger partial charge on any atom is 0.411 e. The summed E-state index contributed by atoms with van der Waals surface area (Å²) in [6, 6.07) is 9.96. The number of amides is 2. The quantitative estimate of drug-likeness (QED) is 0.160. The molecule has 2 atom stereocenters. The molecule has 2 aromatic rings. The molecule has 0 aliphatic carbocycles. The van der Waals surface area contributed by atoms with E-state index in [-0.39, 0.29) is 61.6 Å². The molecule has 2 heterocycles. The van der Waals surface area contributed by atoms with Crippen molar-refractivity contribution < 1.29 is 37.7 Å². The second-order valence-electron chi connectivity index (χ2n) is 11.0. The fourth-order valence-electron chi connectivity index (χ4n) is 5.17. The highest BCUT2D eigenvalue weighted by Crippen LogP contribution is 2.43. The third-order valence-electron chi connectivity index (χ3n) is 7.56. The van der Waals surface area contributed by atoms with E-state index in [9.17, 15) is 18.8 Å². The monoisotopic (exact) mass is 704 g/mol. The number of carbonyl (C=O) groups is 3. The third kappa shape index (κ3) is 7.91. The molecular formula is C31H33Cl4FN2O7. The number of rotatable bonds is 9. The molecule has 1 saturated heterocycles. The van der Waals surface area contributed by atoms with Crippen LogP contribution in [0.5, 0.6) is 11.5 Å². The minimum Gasteiger partial charge on any atom is -0.490 e. The number of halogens is 5. The topological polar surface area (TPSA) is 94.6 Å². The van der Waals surface area contributed by atoms with E-state index >= 15 is 0 Å². The fourth-order valence-corrected chi connectivity index (χ4v) is 5.47. The summed E-state index contributed by atoms with van der Waals surface area (Å²) < 4.78 is 34.1. The maximum atomic E-state index is 13.6. The van der Waals surface area contributed by atoms with E-state index < -0.39 is 39.4 Å². The third-order valence-corrected chi connectivity index (χ3v) is 9.29. The smallest absolute Gasteiger partial charge is 0.411 e. The van der Waals surface area contributed by atoms with Crippen LogP contribution in [0, 0.1) is 5.82 Å². The van der Waals surface area contributed by atoms with Gasteiger partial charge in [0.25, 0.3) is 0 Å². The van der Waals surface area contributed by atoms with Crippen molar-refractivity contribution in [1.82, 2.24) is 9.80 Å². The van der Waals surface area contributed by atoms with Crippen LogP contribution in [0.25, 0.3) is 5.57 Å². The molecule has 2 aromatic carbocycles. The summed E-state index contributed by atoms with van der Waals surface area (Å²) >= 11 is 24.1. The summed E-state index contributed by atoms with van der Waals surface area (Å²) in [4.78, 5) is 42.6. The first-order valence-electron chi connectivity index (χ1n) is 14.2. The van der Waals surface area contributed by atoms with Crippen LogP contribution in [-0.2, 0) is 19.1 Å². The first-order chi connectivity index (χ1) is 21.1. The van der Waals surface area contributed by atoms with Gasteiger partial charge in [-0.05, 0) is 62.6 Å². The Bertz CT molecular complexity index is 1460. The predicted molar refractivity (Wildman–Crippen MR) is 170 cm³/mol. The van der Waals surface area contributed by atoms with Gasteiger partial charge in [-0.3, -0.25) is 9.69 Å². The lowest BCUT2D eigenvalue weighted by atomic mass is 9.82. The molecule has 2 unspecified atom stereocenters. The fraction of sp³-hybridized carbons (Fsp3) is 0.452. The molecule has 2 aliphatic rings. The predicted octanol–water partition coefficient (Wildman–Crippen LogP) is 6.84. The van der Waals surface area contributed by atoms with Crippen molar-refractivity contribution in [2.45, 2.75) is 55.6 Å². The summed E-state index contributed by atoms with van der Waals surface area (Å²) in [6.45, 7) is 6.70. The van der Waals surface area contributed by atoms with Gasteiger partial charge in [0.1, 0.15) is 35.6 Å². The summed E-state index contributed by atoms with van der Waals surface area (Å²) in [5, 5.41) is -0.100. The van der Waals surface area contributed by atoms with Gasteiger partial charge >= 0.3 is 12.1 Å². The minimum atomic E-state index is -1.92. The Labute approximate surface area is 281 Å². The van der Waals surface area contributed by atoms with Crippen LogP contribution in [0.4, 0.5) is 9.18 Å². The highest BCUT2D eigenvalue weighted by molar-refractivity contribution is 6.68. The van der Waals surface area contributed by atoms with Gasteiger partial charge in [0.2, 0.25) is 9.70 Å². The second-order valence-corrected chi connectivity index (χ2v) is 13.6. The average Bonchev–Trinajstić information content (AvgIpc) is 2.96. The Balaban J connectivity index is 1.59. The van der Waals surface area contributed by atoms with Crippen LogP contribution in [0.2, 0.25) is 5.02 Å². The van der Waals surface area contributed by atoms with Gasteiger partial charge in [-0.15, -0.1) is 0 Å². The second kappa shape index (κ2) is 14.2. The Hall–Kier alpha value is -2.92. The van der Waals surface area contributed by atoms with E-state index in [1.54, 1.807) is 42.2 Å². The Morgan fingerprint density at radius 1 is 1.00 bits per heavy atom. The molecule has 9 nitrogen and oxygen atoms in total. The molecule has 1 fully saturated rings. The van der Waals surface area contributed by atoms with Crippen molar-refractivity contribution in [3.63, 3.8) is 0 Å². The first kappa shape index (κ1) is 34.9. The van der Waals surface area contributed by atoms with Crippen molar-refractivity contribution in [2.75, 3.05) is 32.9 Å². The van der Waals surface area contributed by atoms with Crippen LogP contribution >= 0.6 is 46.4 Å². The largest absolute Gasteiger partial charge is 0.490 e. The molecule has 4 rings (SSSR count). The highest BCUT2D eigenvalue weighted by Gasteiger charge is 2.51. The number of benzene rings is 2. The Kier molecular flexibility index (Phi) is 11.1. The SMILES string of the molecule is CCOC(=O)C1=C(c2ccc(OCCOc3cccc(F)c3Cl)cc2)CC2CN(C(C)=O)CC1N2C(=O)OC(C)(C)C(Cl)(Cl)Cl. The van der Waals surface area contributed by atoms with Crippen molar-refractivity contribution in [3.05, 3.63) is 64.4 Å². The molecule has 2 aliphatic heterocycles. The zero-order valence-corrected chi connectivity index (χ0v) is 28.1. The number of alkyl halides is 3. The normalized spacial score (nSPS) is 18.4. The van der Waals surface area contributed by atoms with Gasteiger partial charge in [-0.25, -0.2) is 14.0 Å². The summed E-state index contributed by atoms with van der Waals surface area (Å²) in [7, 11) is 0. The number of fused-ring (bicyclic) bond motifs is 2. The van der Waals surface area contributed by atoms with E-state index in [1.165, 1.54) is 37.8 Å². The van der Waals surface area contributed by atoms with E-state index in [1.807, 2.05) is 0 Å². The van der Waals surface area contributed by atoms with E-state index in [0.29, 0.717) is 16.9 Å². The molecule has 0 radical (unpaired) electrons. The zero-order valence-electron chi connectivity index (χ0n) is 25.1. The van der Waals surface area contributed by atoms with Crippen LogP contribution in [-0.4, -0.2) is 82.2 Å². The number of hydrogen-bond acceptors (Lipinski definition) is 7. The zero-order chi connectivity index (χ0) is 33.1. The molecule has 14 heteroatoms. The van der Waals surface area contributed by atoms with Gasteiger partial charge in [0.15, 0.2) is 5.60 Å². The number of nitrogens with zero attached hydrogens (tertiary/aromatic N) is 2. The number of carbonyl (C=O) groups excluding carboxylic acids is 3. The van der Waals surface area contributed by atoms with Gasteiger partial charge in [0, 0.05) is 20.0 Å². The van der Waals surface area contributed by atoms with E-state index in [4.69, 9.17) is 65.4 Å². The molecule has 2 bridgehead atoms. The van der Waals surface area contributed by atoms with E-state index in [0.717, 1.165) is 0 Å². The number of piperazine rings is 1. The average molecular weight is 706 g/mol. The summed E-state index contributed by atoms with van der Waals surface area (Å²) in [5.41, 5.74) is 0.125. The number of esters is 1.